The van der Waals surface area contributed by atoms with E-state index < -0.39 is 22.0 Å². The lowest BCUT2D eigenvalue weighted by molar-refractivity contribution is -0.00188. The quantitative estimate of drug-likeness (QED) is 0.380. The summed E-state index contributed by atoms with van der Waals surface area (Å²) in [6.07, 6.45) is -0.607. The van der Waals surface area contributed by atoms with Crippen molar-refractivity contribution < 1.29 is 27.4 Å². The largest absolute Gasteiger partial charge is 0.497 e. The molecule has 1 aliphatic heterocycles. The van der Waals surface area contributed by atoms with Gasteiger partial charge in [-0.15, -0.1) is 11.3 Å². The molecule has 1 fully saturated rings. The minimum atomic E-state index is -3.80. The Morgan fingerprint density at radius 3 is 2.31 bits per heavy atom. The molecule has 1 aromatic heterocycles. The highest BCUT2D eigenvalue weighted by Gasteiger charge is 2.34. The van der Waals surface area contributed by atoms with Gasteiger partial charge in [0.05, 0.1) is 29.6 Å². The maximum Gasteiger partial charge on any atom is 0.259 e. The fourth-order valence-corrected chi connectivity index (χ4v) is 6.73. The number of carbonyl (C=O) groups excluding carboxylic acids is 1. The van der Waals surface area contributed by atoms with Crippen molar-refractivity contribution in [2.45, 2.75) is 11.0 Å². The normalized spacial score (nSPS) is 16.6. The van der Waals surface area contributed by atoms with Crippen LogP contribution in [0.2, 0.25) is 0 Å². The maximum atomic E-state index is 13.5. The molecule has 1 amide bonds. The number of morpholine rings is 1. The first-order valence-corrected chi connectivity index (χ1v) is 13.5. The highest BCUT2D eigenvalue weighted by atomic mass is 32.2. The number of amides is 1. The van der Waals surface area contributed by atoms with Crippen molar-refractivity contribution in [2.24, 2.45) is 5.73 Å². The first kappa shape index (κ1) is 24.3. The van der Waals surface area contributed by atoms with Crippen LogP contribution in [0.15, 0.2) is 77.7 Å². The van der Waals surface area contributed by atoms with Gasteiger partial charge in [-0.05, 0) is 60.0 Å². The summed E-state index contributed by atoms with van der Waals surface area (Å²) in [4.78, 5) is 12.7. The Hall–Kier alpha value is -3.44. The van der Waals surface area contributed by atoms with Gasteiger partial charge in [-0.25, -0.2) is 8.42 Å². The van der Waals surface area contributed by atoms with Crippen LogP contribution in [0.5, 0.6) is 17.2 Å². The van der Waals surface area contributed by atoms with Gasteiger partial charge in [-0.2, -0.15) is 4.31 Å². The SMILES string of the molecule is COc1ccc(Oc2ccc(S(=O)(=O)N3CCO[C@H](c4c(C(N)=O)sc5ccccc45)C3)cc2)cc1. The predicted octanol–water partition coefficient (Wildman–Crippen LogP) is 4.56. The summed E-state index contributed by atoms with van der Waals surface area (Å²) in [7, 11) is -2.21. The van der Waals surface area contributed by atoms with Crippen LogP contribution < -0.4 is 15.2 Å². The number of nitrogens with two attached hydrogens (primary N) is 1. The van der Waals surface area contributed by atoms with Gasteiger partial charge in [0.2, 0.25) is 10.0 Å². The number of methoxy groups -OCH3 is 1. The van der Waals surface area contributed by atoms with Crippen LogP contribution in [0.3, 0.4) is 0 Å². The van der Waals surface area contributed by atoms with Gasteiger partial charge < -0.3 is 19.9 Å². The number of sulfonamides is 1. The van der Waals surface area contributed by atoms with Crippen LogP contribution in [0, 0.1) is 0 Å². The summed E-state index contributed by atoms with van der Waals surface area (Å²) in [5.74, 6) is 1.28. The van der Waals surface area contributed by atoms with E-state index in [1.54, 1.807) is 43.5 Å². The molecule has 3 aromatic carbocycles. The molecule has 2 N–H and O–H groups in total. The Balaban J connectivity index is 1.37. The summed E-state index contributed by atoms with van der Waals surface area (Å²) in [5.41, 5.74) is 6.29. The number of primary amides is 1. The van der Waals surface area contributed by atoms with Crippen molar-refractivity contribution in [3.05, 3.63) is 83.2 Å². The first-order chi connectivity index (χ1) is 17.4. The van der Waals surface area contributed by atoms with E-state index in [-0.39, 0.29) is 24.6 Å². The van der Waals surface area contributed by atoms with Crippen LogP contribution in [-0.2, 0) is 14.8 Å². The second-order valence-corrected chi connectivity index (χ2v) is 11.2. The zero-order valence-corrected chi connectivity index (χ0v) is 21.1. The van der Waals surface area contributed by atoms with Gasteiger partial charge in [0, 0.05) is 23.4 Å². The molecular formula is C26H24N2O6S2. The van der Waals surface area contributed by atoms with E-state index in [1.807, 2.05) is 24.3 Å². The second kappa shape index (κ2) is 9.90. The zero-order valence-electron chi connectivity index (χ0n) is 19.4. The molecule has 0 spiro atoms. The summed E-state index contributed by atoms with van der Waals surface area (Å²) in [5, 5.41) is 0.848. The summed E-state index contributed by atoms with van der Waals surface area (Å²) in [6, 6.07) is 20.9. The number of benzene rings is 3. The Bertz CT molecular complexity index is 1500. The Labute approximate surface area is 212 Å². The number of nitrogens with zero attached hydrogens (tertiary/aromatic N) is 1. The van der Waals surface area contributed by atoms with Crippen molar-refractivity contribution in [1.82, 2.24) is 4.31 Å². The van der Waals surface area contributed by atoms with Gasteiger partial charge in [-0.3, -0.25) is 4.79 Å². The summed E-state index contributed by atoms with van der Waals surface area (Å²) < 4.78 is 46.1. The van der Waals surface area contributed by atoms with Crippen LogP contribution in [0.25, 0.3) is 10.1 Å². The average molecular weight is 525 g/mol. The molecule has 0 bridgehead atoms. The van der Waals surface area contributed by atoms with Crippen LogP contribution in [-0.4, -0.2) is 45.4 Å². The molecule has 5 rings (SSSR count). The highest BCUT2D eigenvalue weighted by molar-refractivity contribution is 7.89. The number of rotatable bonds is 7. The molecule has 10 heteroatoms. The van der Waals surface area contributed by atoms with E-state index in [2.05, 4.69) is 0 Å². The number of fused-ring (bicyclic) bond motifs is 1. The Morgan fingerprint density at radius 1 is 1.00 bits per heavy atom. The molecule has 36 heavy (non-hydrogen) atoms. The number of carbonyl (C=O) groups is 1. The third-order valence-electron chi connectivity index (χ3n) is 5.97. The van der Waals surface area contributed by atoms with Crippen LogP contribution in [0.4, 0.5) is 0 Å². The number of hydrogen-bond donors (Lipinski definition) is 1. The number of hydrogen-bond acceptors (Lipinski definition) is 7. The van der Waals surface area contributed by atoms with Crippen molar-refractivity contribution >= 4 is 37.4 Å². The molecule has 1 saturated heterocycles. The van der Waals surface area contributed by atoms with Crippen molar-refractivity contribution in [3.63, 3.8) is 0 Å². The van der Waals surface area contributed by atoms with E-state index in [1.165, 1.54) is 27.8 Å². The third kappa shape index (κ3) is 4.68. The minimum absolute atomic E-state index is 0.0768. The van der Waals surface area contributed by atoms with Gasteiger partial charge in [0.15, 0.2) is 0 Å². The van der Waals surface area contributed by atoms with Crippen molar-refractivity contribution in [1.29, 1.82) is 0 Å². The zero-order chi connectivity index (χ0) is 25.3. The highest BCUT2D eigenvalue weighted by Crippen LogP contribution is 2.39. The Kier molecular flexibility index (Phi) is 6.67. The lowest BCUT2D eigenvalue weighted by Crippen LogP contribution is -2.42. The molecule has 0 aliphatic carbocycles. The molecule has 4 aromatic rings. The predicted molar refractivity (Wildman–Crippen MR) is 137 cm³/mol. The van der Waals surface area contributed by atoms with Crippen molar-refractivity contribution in [2.75, 3.05) is 26.8 Å². The van der Waals surface area contributed by atoms with E-state index in [9.17, 15) is 13.2 Å². The third-order valence-corrected chi connectivity index (χ3v) is 9.05. The molecule has 0 saturated carbocycles. The molecule has 0 radical (unpaired) electrons. The average Bonchev–Trinajstić information content (AvgIpc) is 3.30. The van der Waals surface area contributed by atoms with Crippen LogP contribution in [0.1, 0.15) is 21.3 Å². The number of ether oxygens (including phenoxy) is 3. The van der Waals surface area contributed by atoms with Crippen LogP contribution >= 0.6 is 11.3 Å². The van der Waals surface area contributed by atoms with E-state index in [4.69, 9.17) is 19.9 Å². The standard InChI is InChI=1S/C26H24N2O6S2/c1-32-17-6-8-18(9-7-17)34-19-10-12-20(13-11-19)36(30,31)28-14-15-33-22(16-28)24-21-4-2-3-5-23(21)35-25(24)26(27)29/h2-13,22H,14-16H2,1H3,(H2,27,29)/t22-/m0/s1. The monoisotopic (exact) mass is 524 g/mol. The van der Waals surface area contributed by atoms with Crippen molar-refractivity contribution in [3.8, 4) is 17.2 Å². The number of thiophene rings is 1. The minimum Gasteiger partial charge on any atom is -0.497 e. The smallest absolute Gasteiger partial charge is 0.259 e. The molecule has 8 nitrogen and oxygen atoms in total. The fraction of sp³-hybridized carbons (Fsp3) is 0.192. The van der Waals surface area contributed by atoms with Gasteiger partial charge >= 0.3 is 0 Å². The van der Waals surface area contributed by atoms with E-state index >= 15 is 0 Å². The van der Waals surface area contributed by atoms with Gasteiger partial charge in [0.25, 0.3) is 5.91 Å². The maximum absolute atomic E-state index is 13.5. The summed E-state index contributed by atoms with van der Waals surface area (Å²) >= 11 is 1.29. The lowest BCUT2D eigenvalue weighted by atomic mass is 10.0. The summed E-state index contributed by atoms with van der Waals surface area (Å²) in [6.45, 7) is 0.481. The fourth-order valence-electron chi connectivity index (χ4n) is 4.20. The lowest BCUT2D eigenvalue weighted by Gasteiger charge is -2.32. The Morgan fingerprint density at radius 2 is 1.64 bits per heavy atom. The topological polar surface area (TPSA) is 108 Å². The molecule has 1 aliphatic rings. The molecule has 2 heterocycles. The molecule has 1 atom stereocenters. The molecule has 186 valence electrons. The molecule has 0 unspecified atom stereocenters. The van der Waals surface area contributed by atoms with E-state index in [0.29, 0.717) is 27.7 Å². The first-order valence-electron chi connectivity index (χ1n) is 11.2. The molecular weight excluding hydrogens is 500 g/mol. The second-order valence-electron chi connectivity index (χ2n) is 8.18. The van der Waals surface area contributed by atoms with E-state index in [0.717, 1.165) is 10.1 Å². The van der Waals surface area contributed by atoms with Gasteiger partial charge in [-0.1, -0.05) is 18.2 Å². The van der Waals surface area contributed by atoms with Gasteiger partial charge in [0.1, 0.15) is 17.2 Å².